The molecule has 1 fully saturated rings. The van der Waals surface area contributed by atoms with Gasteiger partial charge in [-0.05, 0) is 0 Å². The molecule has 0 aliphatic carbocycles. The lowest BCUT2D eigenvalue weighted by atomic mass is 10.0. The first-order valence-electron chi connectivity index (χ1n) is 3.96. The third kappa shape index (κ3) is 1.35. The van der Waals surface area contributed by atoms with Crippen molar-refractivity contribution in [2.45, 2.75) is 18.5 Å². The van der Waals surface area contributed by atoms with Crippen LogP contribution < -0.4 is 0 Å². The molecule has 2 aliphatic rings. The molecular weight excluding hydrogens is 176 g/mol. The van der Waals surface area contributed by atoms with Gasteiger partial charge in [-0.1, -0.05) is 0 Å². The summed E-state index contributed by atoms with van der Waals surface area (Å²) in [7, 11) is 1.43. The Hall–Kier alpha value is -0.910. The maximum atomic E-state index is 10.8. The molecule has 0 bridgehead atoms. The summed E-state index contributed by atoms with van der Waals surface area (Å²) in [4.78, 5) is 10.8. The fourth-order valence-corrected chi connectivity index (χ4v) is 1.51. The van der Waals surface area contributed by atoms with E-state index in [1.54, 1.807) is 0 Å². The Bertz CT molecular complexity index is 259. The van der Waals surface area contributed by atoms with Gasteiger partial charge in [-0.3, -0.25) is 0 Å². The van der Waals surface area contributed by atoms with Crippen LogP contribution in [0.25, 0.3) is 0 Å². The second-order valence-electron chi connectivity index (χ2n) is 2.98. The Morgan fingerprint density at radius 3 is 3.15 bits per heavy atom. The number of aliphatic hydroxyl groups is 1. The number of methoxy groups -OCH3 is 1. The summed E-state index contributed by atoms with van der Waals surface area (Å²) in [6.45, 7) is 0.270. The Morgan fingerprint density at radius 2 is 2.46 bits per heavy atom. The monoisotopic (exact) mass is 186 g/mol. The third-order valence-corrected chi connectivity index (χ3v) is 2.15. The van der Waals surface area contributed by atoms with Crippen molar-refractivity contribution in [1.82, 2.24) is 0 Å². The normalized spacial score (nSPS) is 38.2. The number of carbonyl (C=O) groups excluding carboxylic acids is 1. The fraction of sp³-hybridized carbons (Fsp3) is 0.625. The molecule has 0 amide bonds. The number of hydrogen-bond donors (Lipinski definition) is 1. The highest BCUT2D eigenvalue weighted by atomic mass is 16.7. The molecule has 0 unspecified atom stereocenters. The molecular formula is C8H10O5. The van der Waals surface area contributed by atoms with Crippen LogP contribution in [0.4, 0.5) is 0 Å². The van der Waals surface area contributed by atoms with E-state index in [0.29, 0.717) is 5.57 Å². The van der Waals surface area contributed by atoms with Crippen LogP contribution in [0.3, 0.4) is 0 Å². The van der Waals surface area contributed by atoms with E-state index in [0.717, 1.165) is 0 Å². The Balaban J connectivity index is 2.15. The second-order valence-corrected chi connectivity index (χ2v) is 2.98. The zero-order valence-electron chi connectivity index (χ0n) is 7.10. The topological polar surface area (TPSA) is 65.0 Å². The average Bonchev–Trinajstić information content (AvgIpc) is 2.47. The van der Waals surface area contributed by atoms with Gasteiger partial charge in [0.25, 0.3) is 0 Å². The molecule has 0 saturated carbocycles. The van der Waals surface area contributed by atoms with Crippen molar-refractivity contribution in [3.8, 4) is 0 Å². The molecule has 13 heavy (non-hydrogen) atoms. The van der Waals surface area contributed by atoms with Gasteiger partial charge in [-0.2, -0.15) is 0 Å². The van der Waals surface area contributed by atoms with Crippen LogP contribution in [0.5, 0.6) is 0 Å². The highest BCUT2D eigenvalue weighted by Gasteiger charge is 2.41. The van der Waals surface area contributed by atoms with Crippen LogP contribution in [0, 0.1) is 0 Å². The van der Waals surface area contributed by atoms with Crippen LogP contribution in [0.15, 0.2) is 11.6 Å². The number of aliphatic hydroxyl groups excluding tert-OH is 1. The van der Waals surface area contributed by atoms with Gasteiger partial charge in [0, 0.05) is 18.8 Å². The van der Waals surface area contributed by atoms with Gasteiger partial charge in [-0.25, -0.2) is 4.79 Å². The molecule has 0 aromatic rings. The molecule has 1 N–H and O–H groups in total. The summed E-state index contributed by atoms with van der Waals surface area (Å²) >= 11 is 0. The SMILES string of the molecule is CO[C@H]1OCC2=CC(=O)O[C@@H]2[C@@H]1O. The largest absolute Gasteiger partial charge is 0.452 e. The van der Waals surface area contributed by atoms with E-state index in [4.69, 9.17) is 14.2 Å². The zero-order chi connectivity index (χ0) is 9.42. The van der Waals surface area contributed by atoms with Gasteiger partial charge in [0.2, 0.25) is 0 Å². The minimum absolute atomic E-state index is 0.270. The van der Waals surface area contributed by atoms with Gasteiger partial charge in [0.05, 0.1) is 6.61 Å². The fourth-order valence-electron chi connectivity index (χ4n) is 1.51. The van der Waals surface area contributed by atoms with Gasteiger partial charge >= 0.3 is 5.97 Å². The minimum atomic E-state index is -0.934. The van der Waals surface area contributed by atoms with E-state index >= 15 is 0 Å². The van der Waals surface area contributed by atoms with E-state index in [2.05, 4.69) is 0 Å². The van der Waals surface area contributed by atoms with Gasteiger partial charge in [0.15, 0.2) is 12.4 Å². The predicted octanol–water partition coefficient (Wildman–Crippen LogP) is -0.798. The first-order chi connectivity index (χ1) is 6.22. The number of rotatable bonds is 1. The third-order valence-electron chi connectivity index (χ3n) is 2.15. The van der Waals surface area contributed by atoms with Crippen LogP contribution in [0.1, 0.15) is 0 Å². The quantitative estimate of drug-likeness (QED) is 0.543. The molecule has 0 spiro atoms. The standard InChI is InChI=1S/C8H10O5/c1-11-8-6(10)7-4(3-12-8)2-5(9)13-7/h2,6-8,10H,3H2,1H3/t6-,7-,8-/m0/s1. The summed E-state index contributed by atoms with van der Waals surface area (Å²) < 4.78 is 14.9. The van der Waals surface area contributed by atoms with Crippen molar-refractivity contribution in [2.24, 2.45) is 0 Å². The Morgan fingerprint density at radius 1 is 1.69 bits per heavy atom. The molecule has 5 nitrogen and oxygen atoms in total. The number of carbonyl (C=O) groups is 1. The van der Waals surface area contributed by atoms with E-state index in [1.165, 1.54) is 13.2 Å². The summed E-state index contributed by atoms with van der Waals surface area (Å²) in [5, 5.41) is 9.59. The number of fused-ring (bicyclic) bond motifs is 1. The van der Waals surface area contributed by atoms with Crippen LogP contribution in [-0.2, 0) is 19.0 Å². The summed E-state index contributed by atoms with van der Waals surface area (Å²) in [5.74, 6) is -0.431. The van der Waals surface area contributed by atoms with Crippen LogP contribution >= 0.6 is 0 Å². The van der Waals surface area contributed by atoms with E-state index < -0.39 is 24.5 Å². The van der Waals surface area contributed by atoms with Crippen molar-refractivity contribution < 1.29 is 24.1 Å². The van der Waals surface area contributed by atoms with Gasteiger partial charge in [0.1, 0.15) is 6.10 Å². The molecule has 2 aliphatic heterocycles. The van der Waals surface area contributed by atoms with Crippen LogP contribution in [0.2, 0.25) is 0 Å². The molecule has 1 saturated heterocycles. The van der Waals surface area contributed by atoms with Crippen molar-refractivity contribution in [3.05, 3.63) is 11.6 Å². The summed E-state index contributed by atoms with van der Waals surface area (Å²) in [6, 6.07) is 0. The van der Waals surface area contributed by atoms with E-state index in [9.17, 15) is 9.90 Å². The molecule has 2 rings (SSSR count). The number of ether oxygens (including phenoxy) is 3. The summed E-state index contributed by atoms with van der Waals surface area (Å²) in [6.07, 6.45) is -0.893. The highest BCUT2D eigenvalue weighted by molar-refractivity contribution is 5.86. The minimum Gasteiger partial charge on any atom is -0.452 e. The van der Waals surface area contributed by atoms with E-state index in [-0.39, 0.29) is 6.61 Å². The summed E-state index contributed by atoms with van der Waals surface area (Å²) in [5.41, 5.74) is 0.672. The molecule has 0 aromatic carbocycles. The number of esters is 1. The van der Waals surface area contributed by atoms with Crippen molar-refractivity contribution >= 4 is 5.97 Å². The van der Waals surface area contributed by atoms with Gasteiger partial charge in [-0.15, -0.1) is 0 Å². The first-order valence-corrected chi connectivity index (χ1v) is 3.96. The Labute approximate surface area is 74.9 Å². The predicted molar refractivity (Wildman–Crippen MR) is 40.7 cm³/mol. The Kier molecular flexibility index (Phi) is 2.07. The molecule has 72 valence electrons. The van der Waals surface area contributed by atoms with Crippen molar-refractivity contribution in [2.75, 3.05) is 13.7 Å². The molecule has 0 radical (unpaired) electrons. The molecule has 5 heteroatoms. The number of hydrogen-bond acceptors (Lipinski definition) is 5. The van der Waals surface area contributed by atoms with E-state index in [1.807, 2.05) is 0 Å². The van der Waals surface area contributed by atoms with Gasteiger partial charge < -0.3 is 19.3 Å². The van der Waals surface area contributed by atoms with Crippen molar-refractivity contribution in [3.63, 3.8) is 0 Å². The lowest BCUT2D eigenvalue weighted by molar-refractivity contribution is -0.216. The zero-order valence-corrected chi connectivity index (χ0v) is 7.10. The molecule has 2 heterocycles. The maximum absolute atomic E-state index is 10.8. The lowest BCUT2D eigenvalue weighted by Gasteiger charge is -2.31. The second kappa shape index (κ2) is 3.10. The maximum Gasteiger partial charge on any atom is 0.331 e. The highest BCUT2D eigenvalue weighted by Crippen LogP contribution is 2.27. The van der Waals surface area contributed by atoms with Crippen LogP contribution in [-0.4, -0.2) is 43.3 Å². The molecule has 3 atom stereocenters. The lowest BCUT2D eigenvalue weighted by Crippen LogP contribution is -2.46. The average molecular weight is 186 g/mol. The van der Waals surface area contributed by atoms with Crippen molar-refractivity contribution in [1.29, 1.82) is 0 Å². The smallest absolute Gasteiger partial charge is 0.331 e. The molecule has 0 aromatic heterocycles. The first kappa shape index (κ1) is 8.68.